The summed E-state index contributed by atoms with van der Waals surface area (Å²) in [6, 6.07) is 6.63. The molecule has 1 fully saturated rings. The van der Waals surface area contributed by atoms with Crippen LogP contribution in [0.1, 0.15) is 56.7 Å². The second kappa shape index (κ2) is 7.28. The first-order valence-electron chi connectivity index (χ1n) is 8.18. The lowest BCUT2D eigenvalue weighted by molar-refractivity contribution is -0.0624. The third-order valence-corrected chi connectivity index (χ3v) is 4.60. The Hall–Kier alpha value is -1.06. The smallest absolute Gasteiger partial charge is 0.119 e. The Balaban J connectivity index is 2.37. The SMILES string of the molecule is CCNC(c1ccc(OC)cc1C)C1(OCC)CCCC1. The number of hydrogen-bond donors (Lipinski definition) is 1. The van der Waals surface area contributed by atoms with Crippen LogP contribution in [-0.2, 0) is 4.74 Å². The number of aryl methyl sites for hydroxylation is 1. The molecule has 0 spiro atoms. The van der Waals surface area contributed by atoms with Gasteiger partial charge in [0.25, 0.3) is 0 Å². The van der Waals surface area contributed by atoms with Crippen LogP contribution >= 0.6 is 0 Å². The molecule has 0 saturated heterocycles. The largest absolute Gasteiger partial charge is 0.497 e. The van der Waals surface area contributed by atoms with Crippen LogP contribution in [0.15, 0.2) is 18.2 Å². The van der Waals surface area contributed by atoms with Gasteiger partial charge in [0.15, 0.2) is 0 Å². The monoisotopic (exact) mass is 291 g/mol. The van der Waals surface area contributed by atoms with Gasteiger partial charge >= 0.3 is 0 Å². The van der Waals surface area contributed by atoms with Crippen molar-refractivity contribution in [3.05, 3.63) is 29.3 Å². The maximum atomic E-state index is 6.28. The third-order valence-electron chi connectivity index (χ3n) is 4.60. The van der Waals surface area contributed by atoms with Gasteiger partial charge in [-0.2, -0.15) is 0 Å². The first kappa shape index (κ1) is 16.3. The van der Waals surface area contributed by atoms with Crippen molar-refractivity contribution in [1.29, 1.82) is 0 Å². The predicted octanol–water partition coefficient (Wildman–Crippen LogP) is 4.00. The summed E-state index contributed by atoms with van der Waals surface area (Å²) in [6.07, 6.45) is 4.81. The first-order valence-corrected chi connectivity index (χ1v) is 8.18. The zero-order valence-electron chi connectivity index (χ0n) is 13.9. The van der Waals surface area contributed by atoms with Crippen molar-refractivity contribution >= 4 is 0 Å². The fourth-order valence-electron chi connectivity index (χ4n) is 3.66. The Kier molecular flexibility index (Phi) is 5.65. The van der Waals surface area contributed by atoms with Gasteiger partial charge in [0.1, 0.15) is 5.75 Å². The van der Waals surface area contributed by atoms with Gasteiger partial charge in [0, 0.05) is 6.61 Å². The summed E-state index contributed by atoms with van der Waals surface area (Å²) in [7, 11) is 1.72. The number of hydrogen-bond acceptors (Lipinski definition) is 3. The highest BCUT2D eigenvalue weighted by Crippen LogP contribution is 2.44. The number of rotatable bonds is 7. The van der Waals surface area contributed by atoms with Crippen molar-refractivity contribution in [3.63, 3.8) is 0 Å². The van der Waals surface area contributed by atoms with Crippen molar-refractivity contribution in [2.45, 2.75) is 58.1 Å². The molecule has 1 saturated carbocycles. The molecule has 1 aromatic rings. The van der Waals surface area contributed by atoms with E-state index >= 15 is 0 Å². The Labute approximate surface area is 129 Å². The zero-order valence-corrected chi connectivity index (χ0v) is 13.9. The number of methoxy groups -OCH3 is 1. The molecular formula is C18H29NO2. The van der Waals surface area contributed by atoms with Gasteiger partial charge in [0.05, 0.1) is 18.8 Å². The number of ether oxygens (including phenoxy) is 2. The summed E-state index contributed by atoms with van der Waals surface area (Å²) in [4.78, 5) is 0. The second-order valence-electron chi connectivity index (χ2n) is 5.92. The molecule has 0 amide bonds. The lowest BCUT2D eigenvalue weighted by Gasteiger charge is -2.39. The average molecular weight is 291 g/mol. The molecule has 1 unspecified atom stereocenters. The van der Waals surface area contributed by atoms with E-state index in [2.05, 4.69) is 44.3 Å². The van der Waals surface area contributed by atoms with E-state index in [9.17, 15) is 0 Å². The highest BCUT2D eigenvalue weighted by Gasteiger charge is 2.43. The van der Waals surface area contributed by atoms with Crippen molar-refractivity contribution < 1.29 is 9.47 Å². The average Bonchev–Trinajstić information content (AvgIpc) is 2.95. The summed E-state index contributed by atoms with van der Waals surface area (Å²) in [5.41, 5.74) is 2.56. The summed E-state index contributed by atoms with van der Waals surface area (Å²) >= 11 is 0. The molecule has 0 aliphatic heterocycles. The Bertz CT molecular complexity index is 453. The molecule has 1 N–H and O–H groups in total. The minimum Gasteiger partial charge on any atom is -0.497 e. The molecule has 1 aliphatic rings. The van der Waals surface area contributed by atoms with E-state index in [-0.39, 0.29) is 11.6 Å². The van der Waals surface area contributed by atoms with Crippen LogP contribution in [0, 0.1) is 6.92 Å². The van der Waals surface area contributed by atoms with E-state index in [1.165, 1.54) is 24.0 Å². The van der Waals surface area contributed by atoms with Gasteiger partial charge in [-0.15, -0.1) is 0 Å². The highest BCUT2D eigenvalue weighted by molar-refractivity contribution is 5.38. The van der Waals surface area contributed by atoms with Crippen LogP contribution in [0.2, 0.25) is 0 Å². The Morgan fingerprint density at radius 1 is 1.24 bits per heavy atom. The van der Waals surface area contributed by atoms with Gasteiger partial charge in [-0.05, 0) is 56.5 Å². The summed E-state index contributed by atoms with van der Waals surface area (Å²) in [5.74, 6) is 0.920. The fourth-order valence-corrected chi connectivity index (χ4v) is 3.66. The van der Waals surface area contributed by atoms with Gasteiger partial charge in [-0.3, -0.25) is 0 Å². The minimum atomic E-state index is -0.0515. The fraction of sp³-hybridized carbons (Fsp3) is 0.667. The van der Waals surface area contributed by atoms with Crippen LogP contribution in [0.3, 0.4) is 0 Å². The maximum absolute atomic E-state index is 6.28. The van der Waals surface area contributed by atoms with E-state index < -0.39 is 0 Å². The van der Waals surface area contributed by atoms with Crippen molar-refractivity contribution in [3.8, 4) is 5.75 Å². The molecule has 0 bridgehead atoms. The van der Waals surface area contributed by atoms with Gasteiger partial charge in [-0.1, -0.05) is 25.8 Å². The van der Waals surface area contributed by atoms with E-state index in [0.717, 1.165) is 31.7 Å². The molecule has 3 nitrogen and oxygen atoms in total. The minimum absolute atomic E-state index is 0.0515. The summed E-state index contributed by atoms with van der Waals surface area (Å²) in [5, 5.41) is 3.68. The standard InChI is InChI=1S/C18H29NO2/c1-5-19-17(18(21-6-2)11-7-8-12-18)16-10-9-15(20-4)13-14(16)3/h9-10,13,17,19H,5-8,11-12H2,1-4H3. The number of benzene rings is 1. The second-order valence-corrected chi connectivity index (χ2v) is 5.92. The Morgan fingerprint density at radius 2 is 1.95 bits per heavy atom. The number of likely N-dealkylation sites (N-methyl/N-ethyl adjacent to an activating group) is 1. The van der Waals surface area contributed by atoms with E-state index in [1.807, 2.05) is 0 Å². The molecule has 0 radical (unpaired) electrons. The molecule has 2 rings (SSSR count). The molecule has 21 heavy (non-hydrogen) atoms. The van der Waals surface area contributed by atoms with Crippen LogP contribution in [-0.4, -0.2) is 25.9 Å². The van der Waals surface area contributed by atoms with Crippen LogP contribution < -0.4 is 10.1 Å². The Morgan fingerprint density at radius 3 is 2.48 bits per heavy atom. The van der Waals surface area contributed by atoms with Crippen LogP contribution in [0.5, 0.6) is 5.75 Å². The van der Waals surface area contributed by atoms with E-state index in [1.54, 1.807) is 7.11 Å². The predicted molar refractivity (Wildman–Crippen MR) is 87.0 cm³/mol. The van der Waals surface area contributed by atoms with E-state index in [4.69, 9.17) is 9.47 Å². The van der Waals surface area contributed by atoms with Crippen LogP contribution in [0.25, 0.3) is 0 Å². The molecule has 1 atom stereocenters. The van der Waals surface area contributed by atoms with Crippen molar-refractivity contribution in [2.24, 2.45) is 0 Å². The molecular weight excluding hydrogens is 262 g/mol. The lowest BCUT2D eigenvalue weighted by atomic mass is 9.84. The molecule has 0 aromatic heterocycles. The first-order chi connectivity index (χ1) is 10.2. The van der Waals surface area contributed by atoms with Crippen LogP contribution in [0.4, 0.5) is 0 Å². The van der Waals surface area contributed by atoms with Gasteiger partial charge in [-0.25, -0.2) is 0 Å². The normalized spacial score (nSPS) is 18.7. The quantitative estimate of drug-likeness (QED) is 0.823. The van der Waals surface area contributed by atoms with Gasteiger partial charge in [0.2, 0.25) is 0 Å². The molecule has 0 heterocycles. The third kappa shape index (κ3) is 3.41. The molecule has 1 aliphatic carbocycles. The van der Waals surface area contributed by atoms with Crippen molar-refractivity contribution in [1.82, 2.24) is 5.32 Å². The molecule has 1 aromatic carbocycles. The topological polar surface area (TPSA) is 30.5 Å². The summed E-state index contributed by atoms with van der Waals surface area (Å²) in [6.45, 7) is 8.16. The maximum Gasteiger partial charge on any atom is 0.119 e. The van der Waals surface area contributed by atoms with Gasteiger partial charge < -0.3 is 14.8 Å². The van der Waals surface area contributed by atoms with E-state index in [0.29, 0.717) is 0 Å². The number of nitrogens with one attached hydrogen (secondary N) is 1. The summed E-state index contributed by atoms with van der Waals surface area (Å²) < 4.78 is 11.6. The molecule has 3 heteroatoms. The zero-order chi connectivity index (χ0) is 15.3. The lowest BCUT2D eigenvalue weighted by Crippen LogP contribution is -2.44. The molecule has 118 valence electrons. The highest BCUT2D eigenvalue weighted by atomic mass is 16.5. The van der Waals surface area contributed by atoms with Crippen molar-refractivity contribution in [2.75, 3.05) is 20.3 Å².